The SMILES string of the molecule is c1ccc(-c2nc(-c3cccc(-c4ccccc4-c4ccccc4)c3)nc(-c3cccc4oc5ccc(-c6cccc7ccc8nc(-c9ccccc9)oc8c67)cc5c34)n2)cc1. The molecule has 12 rings (SSSR count). The van der Waals surface area contributed by atoms with E-state index in [0.717, 1.165) is 99.4 Å². The van der Waals surface area contributed by atoms with Gasteiger partial charge in [0, 0.05) is 38.4 Å². The summed E-state index contributed by atoms with van der Waals surface area (Å²) in [4.78, 5) is 20.4. The van der Waals surface area contributed by atoms with Gasteiger partial charge in [0.05, 0.1) is 0 Å². The summed E-state index contributed by atoms with van der Waals surface area (Å²) in [5, 5.41) is 3.97. The van der Waals surface area contributed by atoms with Crippen LogP contribution in [0.15, 0.2) is 215 Å². The van der Waals surface area contributed by atoms with Crippen molar-refractivity contribution in [2.45, 2.75) is 0 Å². The van der Waals surface area contributed by atoms with Gasteiger partial charge in [-0.1, -0.05) is 164 Å². The molecule has 9 aromatic carbocycles. The molecule has 0 unspecified atom stereocenters. The standard InChI is InChI=1S/C56H34N4O2/c1-4-15-35(16-5-1)42-24-10-11-25-43(42)39-22-12-23-41(33-39)54-58-53(37-17-6-2-7-18-37)59-55(60-54)45-27-14-28-49-51(45)46-34-40(30-32-48(46)61-49)44-26-13-21-36-29-31-47-52(50(36)44)62-56(57-47)38-19-8-3-9-20-38/h1-34H. The van der Waals surface area contributed by atoms with E-state index in [9.17, 15) is 0 Å². The van der Waals surface area contributed by atoms with E-state index in [-0.39, 0.29) is 0 Å². The Morgan fingerprint density at radius 1 is 0.306 bits per heavy atom. The third kappa shape index (κ3) is 6.13. The second kappa shape index (κ2) is 14.7. The third-order valence-electron chi connectivity index (χ3n) is 11.6. The molecular weight excluding hydrogens is 761 g/mol. The molecule has 0 saturated heterocycles. The van der Waals surface area contributed by atoms with Crippen LogP contribution in [-0.2, 0) is 0 Å². The fourth-order valence-electron chi connectivity index (χ4n) is 8.65. The van der Waals surface area contributed by atoms with Gasteiger partial charge in [0.15, 0.2) is 23.1 Å². The van der Waals surface area contributed by atoms with Crippen LogP contribution in [0.1, 0.15) is 0 Å². The van der Waals surface area contributed by atoms with E-state index in [1.807, 2.05) is 84.9 Å². The zero-order valence-corrected chi connectivity index (χ0v) is 33.2. The summed E-state index contributed by atoms with van der Waals surface area (Å²) in [5.41, 5.74) is 13.3. The Bertz CT molecular complexity index is 3630. The second-order valence-corrected chi connectivity index (χ2v) is 15.4. The molecule has 12 aromatic rings. The molecule has 0 saturated carbocycles. The highest BCUT2D eigenvalue weighted by molar-refractivity contribution is 6.15. The number of oxazole rings is 1. The number of hydrogen-bond donors (Lipinski definition) is 0. The lowest BCUT2D eigenvalue weighted by Crippen LogP contribution is -2.00. The summed E-state index contributed by atoms with van der Waals surface area (Å²) in [5.74, 6) is 2.33. The molecule has 0 aliphatic rings. The lowest BCUT2D eigenvalue weighted by molar-refractivity contribution is 0.623. The molecule has 0 bridgehead atoms. The molecule has 0 atom stereocenters. The first kappa shape index (κ1) is 35.5. The van der Waals surface area contributed by atoms with E-state index in [4.69, 9.17) is 28.8 Å². The van der Waals surface area contributed by atoms with Crippen LogP contribution in [0.3, 0.4) is 0 Å². The van der Waals surface area contributed by atoms with E-state index in [2.05, 4.69) is 121 Å². The van der Waals surface area contributed by atoms with Crippen LogP contribution in [0.4, 0.5) is 0 Å². The van der Waals surface area contributed by atoms with Crippen molar-refractivity contribution in [1.82, 2.24) is 19.9 Å². The molecule has 0 amide bonds. The summed E-state index contributed by atoms with van der Waals surface area (Å²) in [6, 6.07) is 70.5. The quantitative estimate of drug-likeness (QED) is 0.160. The summed E-state index contributed by atoms with van der Waals surface area (Å²) in [6.45, 7) is 0. The first-order valence-electron chi connectivity index (χ1n) is 20.6. The highest BCUT2D eigenvalue weighted by Gasteiger charge is 2.20. The highest BCUT2D eigenvalue weighted by Crippen LogP contribution is 2.42. The molecule has 62 heavy (non-hydrogen) atoms. The fourth-order valence-corrected chi connectivity index (χ4v) is 8.65. The van der Waals surface area contributed by atoms with Crippen molar-refractivity contribution in [3.8, 4) is 79.0 Å². The van der Waals surface area contributed by atoms with Gasteiger partial charge in [-0.15, -0.1) is 0 Å². The van der Waals surface area contributed by atoms with Gasteiger partial charge in [0.1, 0.15) is 16.7 Å². The highest BCUT2D eigenvalue weighted by atomic mass is 16.3. The van der Waals surface area contributed by atoms with Crippen LogP contribution in [0, 0.1) is 0 Å². The van der Waals surface area contributed by atoms with Crippen molar-refractivity contribution >= 4 is 43.8 Å². The monoisotopic (exact) mass is 794 g/mol. The molecule has 0 radical (unpaired) electrons. The van der Waals surface area contributed by atoms with Crippen molar-refractivity contribution in [3.63, 3.8) is 0 Å². The second-order valence-electron chi connectivity index (χ2n) is 15.4. The molecule has 6 heteroatoms. The van der Waals surface area contributed by atoms with E-state index < -0.39 is 0 Å². The number of hydrogen-bond acceptors (Lipinski definition) is 6. The molecule has 6 nitrogen and oxygen atoms in total. The predicted octanol–water partition coefficient (Wildman–Crippen LogP) is 14.7. The number of nitrogens with zero attached hydrogens (tertiary/aromatic N) is 4. The number of fused-ring (bicyclic) bond motifs is 6. The first-order valence-corrected chi connectivity index (χ1v) is 20.6. The molecule has 290 valence electrons. The van der Waals surface area contributed by atoms with E-state index in [0.29, 0.717) is 23.4 Å². The Balaban J connectivity index is 1.03. The molecule has 0 aliphatic heterocycles. The minimum absolute atomic E-state index is 0.560. The van der Waals surface area contributed by atoms with Gasteiger partial charge in [-0.2, -0.15) is 0 Å². The zero-order chi connectivity index (χ0) is 41.0. The van der Waals surface area contributed by atoms with E-state index in [1.165, 1.54) is 0 Å². The Labute approximate surface area is 356 Å². The molecule has 0 aliphatic carbocycles. The lowest BCUT2D eigenvalue weighted by atomic mass is 9.93. The summed E-state index contributed by atoms with van der Waals surface area (Å²) in [6.07, 6.45) is 0. The van der Waals surface area contributed by atoms with Gasteiger partial charge in [0.25, 0.3) is 0 Å². The molecule has 3 aromatic heterocycles. The smallest absolute Gasteiger partial charge is 0.227 e. The van der Waals surface area contributed by atoms with E-state index >= 15 is 0 Å². The Morgan fingerprint density at radius 3 is 1.68 bits per heavy atom. The van der Waals surface area contributed by atoms with Crippen LogP contribution in [0.5, 0.6) is 0 Å². The summed E-state index contributed by atoms with van der Waals surface area (Å²) < 4.78 is 13.1. The number of benzene rings is 9. The minimum Gasteiger partial charge on any atom is -0.456 e. The number of rotatable bonds is 7. The first-order chi connectivity index (χ1) is 30.7. The van der Waals surface area contributed by atoms with Crippen molar-refractivity contribution < 1.29 is 8.83 Å². The van der Waals surface area contributed by atoms with Gasteiger partial charge in [-0.25, -0.2) is 19.9 Å². The Hall–Kier alpha value is -8.48. The molecular formula is C56H34N4O2. The predicted molar refractivity (Wildman–Crippen MR) is 250 cm³/mol. The fraction of sp³-hybridized carbons (Fsp3) is 0. The number of aromatic nitrogens is 4. The maximum absolute atomic E-state index is 6.56. The number of furan rings is 1. The molecule has 3 heterocycles. The van der Waals surface area contributed by atoms with Crippen LogP contribution >= 0.6 is 0 Å². The zero-order valence-electron chi connectivity index (χ0n) is 33.2. The topological polar surface area (TPSA) is 77.8 Å². The van der Waals surface area contributed by atoms with Crippen LogP contribution < -0.4 is 0 Å². The van der Waals surface area contributed by atoms with Gasteiger partial charge in [-0.3, -0.25) is 0 Å². The Kier molecular flexibility index (Phi) is 8.38. The van der Waals surface area contributed by atoms with E-state index in [1.54, 1.807) is 0 Å². The molecule has 0 fully saturated rings. The van der Waals surface area contributed by atoms with Crippen molar-refractivity contribution in [2.24, 2.45) is 0 Å². The van der Waals surface area contributed by atoms with Crippen LogP contribution in [-0.4, -0.2) is 19.9 Å². The Morgan fingerprint density at radius 2 is 0.887 bits per heavy atom. The van der Waals surface area contributed by atoms with Crippen LogP contribution in [0.25, 0.3) is 123 Å². The lowest BCUT2D eigenvalue weighted by Gasteiger charge is -2.12. The maximum atomic E-state index is 6.56. The van der Waals surface area contributed by atoms with Gasteiger partial charge >= 0.3 is 0 Å². The third-order valence-corrected chi connectivity index (χ3v) is 11.6. The van der Waals surface area contributed by atoms with Crippen molar-refractivity contribution in [1.29, 1.82) is 0 Å². The normalized spacial score (nSPS) is 11.5. The maximum Gasteiger partial charge on any atom is 0.227 e. The summed E-state index contributed by atoms with van der Waals surface area (Å²) >= 11 is 0. The van der Waals surface area contributed by atoms with Crippen LogP contribution in [0.2, 0.25) is 0 Å². The average Bonchev–Trinajstić information content (AvgIpc) is 3.97. The van der Waals surface area contributed by atoms with Gasteiger partial charge in [0.2, 0.25) is 5.89 Å². The van der Waals surface area contributed by atoms with Gasteiger partial charge in [-0.05, 0) is 81.2 Å². The average molecular weight is 795 g/mol. The summed E-state index contributed by atoms with van der Waals surface area (Å²) in [7, 11) is 0. The molecule has 0 N–H and O–H groups in total. The largest absolute Gasteiger partial charge is 0.456 e. The van der Waals surface area contributed by atoms with Crippen molar-refractivity contribution in [3.05, 3.63) is 206 Å². The van der Waals surface area contributed by atoms with Gasteiger partial charge < -0.3 is 8.83 Å². The minimum atomic E-state index is 0.560. The molecule has 0 spiro atoms. The van der Waals surface area contributed by atoms with Crippen molar-refractivity contribution in [2.75, 3.05) is 0 Å².